The fraction of sp³-hybridized carbons (Fsp3) is 0.429. The molecule has 1 aromatic heterocycles. The molecule has 1 N–H and O–H groups in total. The first-order valence-corrected chi connectivity index (χ1v) is 7.88. The number of imidazole rings is 1. The van der Waals surface area contributed by atoms with Gasteiger partial charge in [-0.15, -0.1) is 11.6 Å². The van der Waals surface area contributed by atoms with E-state index in [1.54, 1.807) is 14.1 Å². The van der Waals surface area contributed by atoms with E-state index >= 15 is 0 Å². The van der Waals surface area contributed by atoms with Gasteiger partial charge in [-0.25, -0.2) is 9.78 Å². The minimum atomic E-state index is -0.194. The number of aromatic nitrogens is 2. The third-order valence-corrected chi connectivity index (χ3v) is 3.80. The van der Waals surface area contributed by atoms with Gasteiger partial charge in [0, 0.05) is 31.7 Å². The van der Waals surface area contributed by atoms with E-state index in [9.17, 15) is 4.79 Å². The summed E-state index contributed by atoms with van der Waals surface area (Å²) in [6.45, 7) is 3.04. The van der Waals surface area contributed by atoms with E-state index in [1.165, 1.54) is 4.90 Å². The Hall–Kier alpha value is -1.27. The maximum Gasteiger partial charge on any atom is 0.316 e. The lowest BCUT2D eigenvalue weighted by atomic mass is 10.3. The van der Waals surface area contributed by atoms with Crippen LogP contribution in [0.4, 0.5) is 4.79 Å². The molecule has 5 nitrogen and oxygen atoms in total. The molecule has 0 radical (unpaired) electrons. The van der Waals surface area contributed by atoms with Crippen LogP contribution in [0.5, 0.6) is 0 Å². The Balaban J connectivity index is 2.26. The van der Waals surface area contributed by atoms with E-state index in [-0.39, 0.29) is 11.4 Å². The van der Waals surface area contributed by atoms with Crippen LogP contribution in [0.3, 0.4) is 0 Å². The minimum Gasteiger partial charge on any atom is -0.336 e. The fourth-order valence-corrected chi connectivity index (χ4v) is 2.60. The molecule has 0 spiro atoms. The normalized spacial score (nSPS) is 12.4. The van der Waals surface area contributed by atoms with Crippen molar-refractivity contribution < 1.29 is 4.79 Å². The van der Waals surface area contributed by atoms with Crippen LogP contribution in [0.15, 0.2) is 22.7 Å². The fourth-order valence-electron chi connectivity index (χ4n) is 2.09. The quantitative estimate of drug-likeness (QED) is 0.835. The topological polar surface area (TPSA) is 50.2 Å². The van der Waals surface area contributed by atoms with Crippen LogP contribution in [0.2, 0.25) is 0 Å². The molecule has 2 amide bonds. The average Bonchev–Trinajstić information content (AvgIpc) is 2.77. The summed E-state index contributed by atoms with van der Waals surface area (Å²) in [6.07, 6.45) is 0. The minimum absolute atomic E-state index is 0.110. The molecule has 1 atom stereocenters. The number of carbonyl (C=O) groups excluding carboxylic acids is 1. The summed E-state index contributed by atoms with van der Waals surface area (Å²) < 4.78 is 3.04. The highest BCUT2D eigenvalue weighted by Crippen LogP contribution is 2.26. The lowest BCUT2D eigenvalue weighted by Crippen LogP contribution is -2.36. The third-order valence-electron chi connectivity index (χ3n) is 3.11. The molecule has 0 saturated heterocycles. The van der Waals surface area contributed by atoms with Crippen molar-refractivity contribution in [1.82, 2.24) is 19.8 Å². The molecule has 0 bridgehead atoms. The number of hydrogen-bond donors (Lipinski definition) is 1. The van der Waals surface area contributed by atoms with Gasteiger partial charge >= 0.3 is 6.03 Å². The van der Waals surface area contributed by atoms with Crippen LogP contribution in [-0.2, 0) is 6.54 Å². The van der Waals surface area contributed by atoms with Gasteiger partial charge in [-0.05, 0) is 25.1 Å². The van der Waals surface area contributed by atoms with Gasteiger partial charge in [-0.1, -0.05) is 15.9 Å². The van der Waals surface area contributed by atoms with Crippen molar-refractivity contribution in [3.05, 3.63) is 28.5 Å². The molecule has 0 aliphatic rings. The Morgan fingerprint density at radius 3 is 2.86 bits per heavy atom. The van der Waals surface area contributed by atoms with E-state index in [0.29, 0.717) is 13.1 Å². The maximum atomic E-state index is 11.6. The Morgan fingerprint density at radius 2 is 2.24 bits per heavy atom. The zero-order chi connectivity index (χ0) is 15.6. The number of carbonyl (C=O) groups is 1. The van der Waals surface area contributed by atoms with Gasteiger partial charge < -0.3 is 14.8 Å². The van der Waals surface area contributed by atoms with Gasteiger partial charge in [0.05, 0.1) is 16.4 Å². The van der Waals surface area contributed by atoms with Gasteiger partial charge in [-0.3, -0.25) is 0 Å². The van der Waals surface area contributed by atoms with E-state index in [4.69, 9.17) is 11.6 Å². The first kappa shape index (κ1) is 16.1. The molecule has 1 heterocycles. The molecular weight excluding hydrogens is 356 g/mol. The van der Waals surface area contributed by atoms with E-state index in [0.717, 1.165) is 21.3 Å². The van der Waals surface area contributed by atoms with Crippen molar-refractivity contribution in [2.75, 3.05) is 20.6 Å². The van der Waals surface area contributed by atoms with Crippen molar-refractivity contribution in [2.45, 2.75) is 18.8 Å². The standard InChI is InChI=1S/C14H18BrClN4O/c1-9(16)13-18-11-5-4-10(15)8-12(11)20(13)7-6-17-14(21)19(2)3/h4-5,8-9H,6-7H2,1-3H3,(H,17,21). The largest absolute Gasteiger partial charge is 0.336 e. The van der Waals surface area contributed by atoms with Gasteiger partial charge in [0.1, 0.15) is 5.82 Å². The van der Waals surface area contributed by atoms with Crippen molar-refractivity contribution in [3.8, 4) is 0 Å². The Kier molecular flexibility index (Phi) is 5.11. The second-order valence-electron chi connectivity index (χ2n) is 5.00. The first-order chi connectivity index (χ1) is 9.90. The van der Waals surface area contributed by atoms with Crippen LogP contribution in [-0.4, -0.2) is 41.1 Å². The average molecular weight is 374 g/mol. The second kappa shape index (κ2) is 6.66. The summed E-state index contributed by atoms with van der Waals surface area (Å²) >= 11 is 9.69. The second-order valence-corrected chi connectivity index (χ2v) is 6.57. The molecule has 0 saturated carbocycles. The summed E-state index contributed by atoms with van der Waals surface area (Å²) in [6, 6.07) is 5.81. The molecule has 2 rings (SSSR count). The van der Waals surface area contributed by atoms with Crippen LogP contribution >= 0.6 is 27.5 Å². The maximum absolute atomic E-state index is 11.6. The van der Waals surface area contributed by atoms with Crippen LogP contribution < -0.4 is 5.32 Å². The van der Waals surface area contributed by atoms with Gasteiger partial charge in [0.2, 0.25) is 0 Å². The number of nitrogens with zero attached hydrogens (tertiary/aromatic N) is 3. The summed E-state index contributed by atoms with van der Waals surface area (Å²) in [7, 11) is 3.43. The van der Waals surface area contributed by atoms with Gasteiger partial charge in [-0.2, -0.15) is 0 Å². The van der Waals surface area contributed by atoms with Crippen molar-refractivity contribution in [2.24, 2.45) is 0 Å². The van der Waals surface area contributed by atoms with Gasteiger partial charge in [0.15, 0.2) is 0 Å². The van der Waals surface area contributed by atoms with Crippen LogP contribution in [0.25, 0.3) is 11.0 Å². The monoisotopic (exact) mass is 372 g/mol. The Morgan fingerprint density at radius 1 is 1.52 bits per heavy atom. The molecule has 7 heteroatoms. The van der Waals surface area contributed by atoms with Crippen molar-refractivity contribution in [3.63, 3.8) is 0 Å². The smallest absolute Gasteiger partial charge is 0.316 e. The lowest BCUT2D eigenvalue weighted by Gasteiger charge is -2.14. The SMILES string of the molecule is CC(Cl)c1nc2ccc(Br)cc2n1CCNC(=O)N(C)C. The molecule has 0 fully saturated rings. The number of halogens is 2. The number of benzene rings is 1. The van der Waals surface area contributed by atoms with Crippen LogP contribution in [0, 0.1) is 0 Å². The predicted molar refractivity (Wildman–Crippen MR) is 88.8 cm³/mol. The molecule has 114 valence electrons. The van der Waals surface area contributed by atoms with Crippen LogP contribution in [0.1, 0.15) is 18.1 Å². The van der Waals surface area contributed by atoms with Gasteiger partial charge in [0.25, 0.3) is 0 Å². The summed E-state index contributed by atoms with van der Waals surface area (Å²) in [5.74, 6) is 0.809. The highest BCUT2D eigenvalue weighted by Gasteiger charge is 2.15. The van der Waals surface area contributed by atoms with E-state index in [1.807, 2.05) is 29.7 Å². The lowest BCUT2D eigenvalue weighted by molar-refractivity contribution is 0.217. The molecule has 1 aromatic carbocycles. The number of rotatable bonds is 4. The Labute approximate surface area is 137 Å². The number of alkyl halides is 1. The zero-order valence-corrected chi connectivity index (χ0v) is 14.6. The highest BCUT2D eigenvalue weighted by atomic mass is 79.9. The summed E-state index contributed by atoms with van der Waals surface area (Å²) in [5, 5.41) is 2.66. The number of fused-ring (bicyclic) bond motifs is 1. The Bertz CT molecular complexity index is 654. The molecule has 0 aliphatic carbocycles. The molecule has 2 aromatic rings. The first-order valence-electron chi connectivity index (χ1n) is 6.65. The third kappa shape index (κ3) is 3.68. The summed E-state index contributed by atoms with van der Waals surface area (Å²) in [4.78, 5) is 17.6. The number of nitrogens with one attached hydrogen (secondary N) is 1. The molecule has 1 unspecified atom stereocenters. The van der Waals surface area contributed by atoms with E-state index in [2.05, 4.69) is 26.2 Å². The zero-order valence-electron chi connectivity index (χ0n) is 12.2. The number of hydrogen-bond acceptors (Lipinski definition) is 2. The molecule has 21 heavy (non-hydrogen) atoms. The number of urea groups is 1. The summed E-state index contributed by atoms with van der Waals surface area (Å²) in [5.41, 5.74) is 1.91. The van der Waals surface area contributed by atoms with Crippen molar-refractivity contribution >= 4 is 44.6 Å². The predicted octanol–water partition coefficient (Wildman–Crippen LogP) is 3.37. The molecular formula is C14H18BrClN4O. The van der Waals surface area contributed by atoms with Crippen molar-refractivity contribution in [1.29, 1.82) is 0 Å². The highest BCUT2D eigenvalue weighted by molar-refractivity contribution is 9.10. The number of amides is 2. The van der Waals surface area contributed by atoms with E-state index < -0.39 is 0 Å². The molecule has 0 aliphatic heterocycles.